The molecule has 5 nitrogen and oxygen atoms in total. The average Bonchev–Trinajstić information content (AvgIpc) is 2.94. The molecule has 0 aromatic carbocycles. The first kappa shape index (κ1) is 12.4. The standard InChI is InChI=1S/C13H16ClN5/c14-11-1-2-13(17-9-11)19-7-5-18(6-8-19)10-12-15-3-4-16-12/h1-4,9H,5-8,10H2,(H,15,16). The molecule has 100 valence electrons. The Morgan fingerprint density at radius 2 is 2.00 bits per heavy atom. The fourth-order valence-electron chi connectivity index (χ4n) is 2.29. The van der Waals surface area contributed by atoms with Crippen LogP contribution in [-0.2, 0) is 6.54 Å². The number of piperazine rings is 1. The van der Waals surface area contributed by atoms with Crippen LogP contribution in [0.2, 0.25) is 5.02 Å². The number of anilines is 1. The van der Waals surface area contributed by atoms with Gasteiger partial charge in [0, 0.05) is 44.8 Å². The maximum atomic E-state index is 5.85. The zero-order valence-corrected chi connectivity index (χ0v) is 11.3. The van der Waals surface area contributed by atoms with Gasteiger partial charge in [0.1, 0.15) is 11.6 Å². The quantitative estimate of drug-likeness (QED) is 0.929. The van der Waals surface area contributed by atoms with E-state index in [0.717, 1.165) is 44.4 Å². The predicted molar refractivity (Wildman–Crippen MR) is 75.3 cm³/mol. The third-order valence-corrected chi connectivity index (χ3v) is 3.56. The Balaban J connectivity index is 1.56. The minimum Gasteiger partial charge on any atom is -0.354 e. The molecule has 6 heteroatoms. The average molecular weight is 278 g/mol. The number of pyridine rings is 1. The Kier molecular flexibility index (Phi) is 3.66. The molecule has 0 bridgehead atoms. The minimum atomic E-state index is 0.681. The highest BCUT2D eigenvalue weighted by atomic mass is 35.5. The van der Waals surface area contributed by atoms with E-state index in [4.69, 9.17) is 11.6 Å². The Labute approximate surface area is 117 Å². The molecule has 1 N–H and O–H groups in total. The second-order valence-electron chi connectivity index (χ2n) is 4.63. The summed E-state index contributed by atoms with van der Waals surface area (Å²) in [6, 6.07) is 3.86. The number of rotatable bonds is 3. The lowest BCUT2D eigenvalue weighted by molar-refractivity contribution is 0.244. The lowest BCUT2D eigenvalue weighted by Gasteiger charge is -2.34. The van der Waals surface area contributed by atoms with E-state index in [1.165, 1.54) is 0 Å². The molecule has 0 atom stereocenters. The predicted octanol–water partition coefficient (Wildman–Crippen LogP) is 1.78. The van der Waals surface area contributed by atoms with Crippen LogP contribution in [0.4, 0.5) is 5.82 Å². The number of nitrogens with zero attached hydrogens (tertiary/aromatic N) is 4. The van der Waals surface area contributed by atoms with E-state index in [1.54, 1.807) is 12.4 Å². The Morgan fingerprint density at radius 1 is 1.16 bits per heavy atom. The normalized spacial score (nSPS) is 16.8. The summed E-state index contributed by atoms with van der Waals surface area (Å²) in [5.41, 5.74) is 0. The van der Waals surface area contributed by atoms with Crippen molar-refractivity contribution in [2.75, 3.05) is 31.1 Å². The summed E-state index contributed by atoms with van der Waals surface area (Å²) in [6.07, 6.45) is 5.36. The minimum absolute atomic E-state index is 0.681. The number of aromatic nitrogens is 3. The largest absolute Gasteiger partial charge is 0.354 e. The maximum absolute atomic E-state index is 5.85. The molecule has 3 rings (SSSR count). The van der Waals surface area contributed by atoms with Crippen LogP contribution in [0.25, 0.3) is 0 Å². The lowest BCUT2D eigenvalue weighted by atomic mass is 10.3. The SMILES string of the molecule is Clc1ccc(N2CCN(Cc3ncc[nH]3)CC2)nc1. The zero-order chi connectivity index (χ0) is 13.1. The third kappa shape index (κ3) is 3.05. The van der Waals surface area contributed by atoms with Crippen molar-refractivity contribution in [2.24, 2.45) is 0 Å². The summed E-state index contributed by atoms with van der Waals surface area (Å²) in [5.74, 6) is 2.03. The highest BCUT2D eigenvalue weighted by Crippen LogP contribution is 2.16. The van der Waals surface area contributed by atoms with Crippen molar-refractivity contribution >= 4 is 17.4 Å². The van der Waals surface area contributed by atoms with Gasteiger partial charge in [0.2, 0.25) is 0 Å². The van der Waals surface area contributed by atoms with Crippen molar-refractivity contribution in [2.45, 2.75) is 6.54 Å². The van der Waals surface area contributed by atoms with Gasteiger partial charge in [-0.3, -0.25) is 4.90 Å². The van der Waals surface area contributed by atoms with Crippen LogP contribution < -0.4 is 4.90 Å². The molecule has 1 saturated heterocycles. The Bertz CT molecular complexity index is 502. The molecule has 1 aliphatic heterocycles. The first-order chi connectivity index (χ1) is 9.31. The fourth-order valence-corrected chi connectivity index (χ4v) is 2.40. The molecule has 3 heterocycles. The number of H-pyrrole nitrogens is 1. The van der Waals surface area contributed by atoms with E-state index in [9.17, 15) is 0 Å². The molecular formula is C13H16ClN5. The summed E-state index contributed by atoms with van der Waals surface area (Å²) in [4.78, 5) is 16.4. The number of imidazole rings is 1. The van der Waals surface area contributed by atoms with Gasteiger partial charge in [-0.2, -0.15) is 0 Å². The van der Waals surface area contributed by atoms with Crippen LogP contribution in [0.3, 0.4) is 0 Å². The summed E-state index contributed by atoms with van der Waals surface area (Å²) >= 11 is 5.85. The molecule has 1 aliphatic rings. The van der Waals surface area contributed by atoms with Crippen molar-refractivity contribution in [1.29, 1.82) is 0 Å². The third-order valence-electron chi connectivity index (χ3n) is 3.34. The van der Waals surface area contributed by atoms with Gasteiger partial charge in [-0.15, -0.1) is 0 Å². The lowest BCUT2D eigenvalue weighted by Crippen LogP contribution is -2.46. The second-order valence-corrected chi connectivity index (χ2v) is 5.07. The van der Waals surface area contributed by atoms with E-state index in [0.29, 0.717) is 5.02 Å². The molecule has 0 aliphatic carbocycles. The van der Waals surface area contributed by atoms with Gasteiger partial charge in [0.15, 0.2) is 0 Å². The van der Waals surface area contributed by atoms with E-state index >= 15 is 0 Å². The molecule has 0 amide bonds. The van der Waals surface area contributed by atoms with Gasteiger partial charge in [-0.25, -0.2) is 9.97 Å². The topological polar surface area (TPSA) is 48.0 Å². The smallest absolute Gasteiger partial charge is 0.128 e. The van der Waals surface area contributed by atoms with E-state index < -0.39 is 0 Å². The summed E-state index contributed by atoms with van der Waals surface area (Å²) in [7, 11) is 0. The zero-order valence-electron chi connectivity index (χ0n) is 10.6. The van der Waals surface area contributed by atoms with Crippen molar-refractivity contribution in [3.63, 3.8) is 0 Å². The van der Waals surface area contributed by atoms with Crippen molar-refractivity contribution in [3.8, 4) is 0 Å². The molecule has 19 heavy (non-hydrogen) atoms. The summed E-state index contributed by atoms with van der Waals surface area (Å²) in [6.45, 7) is 4.88. The van der Waals surface area contributed by atoms with Crippen molar-refractivity contribution in [1.82, 2.24) is 19.9 Å². The highest BCUT2D eigenvalue weighted by molar-refractivity contribution is 6.30. The number of halogens is 1. The van der Waals surface area contributed by atoms with Crippen LogP contribution in [0, 0.1) is 0 Å². The number of aromatic amines is 1. The van der Waals surface area contributed by atoms with Crippen molar-refractivity contribution < 1.29 is 0 Å². The van der Waals surface area contributed by atoms with Crippen molar-refractivity contribution in [3.05, 3.63) is 41.6 Å². The first-order valence-electron chi connectivity index (χ1n) is 6.38. The van der Waals surface area contributed by atoms with Crippen LogP contribution in [-0.4, -0.2) is 46.0 Å². The molecule has 0 saturated carbocycles. The van der Waals surface area contributed by atoms with Crippen LogP contribution in [0.5, 0.6) is 0 Å². The van der Waals surface area contributed by atoms with E-state index in [2.05, 4.69) is 24.8 Å². The first-order valence-corrected chi connectivity index (χ1v) is 6.76. The van der Waals surface area contributed by atoms with Crippen LogP contribution in [0.15, 0.2) is 30.7 Å². The van der Waals surface area contributed by atoms with Gasteiger partial charge < -0.3 is 9.88 Å². The molecular weight excluding hydrogens is 262 g/mol. The maximum Gasteiger partial charge on any atom is 0.128 e. The fraction of sp³-hybridized carbons (Fsp3) is 0.385. The molecule has 1 fully saturated rings. The summed E-state index contributed by atoms with van der Waals surface area (Å²) in [5, 5.41) is 0.681. The Morgan fingerprint density at radius 3 is 2.63 bits per heavy atom. The van der Waals surface area contributed by atoms with Gasteiger partial charge in [-0.05, 0) is 12.1 Å². The summed E-state index contributed by atoms with van der Waals surface area (Å²) < 4.78 is 0. The highest BCUT2D eigenvalue weighted by Gasteiger charge is 2.18. The Hall–Kier alpha value is -1.59. The van der Waals surface area contributed by atoms with Crippen LogP contribution in [0.1, 0.15) is 5.82 Å². The van der Waals surface area contributed by atoms with Gasteiger partial charge in [0.25, 0.3) is 0 Å². The second kappa shape index (κ2) is 5.59. The number of hydrogen-bond acceptors (Lipinski definition) is 4. The van der Waals surface area contributed by atoms with Gasteiger partial charge in [0.05, 0.1) is 11.6 Å². The molecule has 0 unspecified atom stereocenters. The van der Waals surface area contributed by atoms with Gasteiger partial charge >= 0.3 is 0 Å². The van der Waals surface area contributed by atoms with Gasteiger partial charge in [-0.1, -0.05) is 11.6 Å². The monoisotopic (exact) mass is 277 g/mol. The number of hydrogen-bond donors (Lipinski definition) is 1. The van der Waals surface area contributed by atoms with E-state index in [1.807, 2.05) is 18.3 Å². The van der Waals surface area contributed by atoms with E-state index in [-0.39, 0.29) is 0 Å². The molecule has 2 aromatic heterocycles. The molecule has 0 radical (unpaired) electrons. The number of nitrogens with one attached hydrogen (secondary N) is 1. The van der Waals surface area contributed by atoms with Crippen LogP contribution >= 0.6 is 11.6 Å². The molecule has 0 spiro atoms. The molecule has 2 aromatic rings.